The average molecular weight is 406 g/mol. The monoisotopic (exact) mass is 405 g/mol. The molecule has 2 rings (SSSR count). The Balaban J connectivity index is 2.10. The average Bonchev–Trinajstić information content (AvgIpc) is 2.83. The molecular weight excluding hydrogens is 388 g/mol. The van der Waals surface area contributed by atoms with Gasteiger partial charge in [-0.05, 0) is 48.8 Å². The van der Waals surface area contributed by atoms with Crippen LogP contribution in [0.25, 0.3) is 0 Å². The summed E-state index contributed by atoms with van der Waals surface area (Å²) in [6.45, 7) is 4.84. The van der Waals surface area contributed by atoms with Crippen LogP contribution < -0.4 is 5.32 Å². The highest BCUT2D eigenvalue weighted by atomic mass is 79.9. The number of anilines is 1. The fourth-order valence-electron chi connectivity index (χ4n) is 2.25. The minimum absolute atomic E-state index is 0.0564. The van der Waals surface area contributed by atoms with Gasteiger partial charge in [0.1, 0.15) is 28.2 Å². The molecule has 0 saturated carbocycles. The lowest BCUT2D eigenvalue weighted by molar-refractivity contribution is -0.120. The second-order valence-corrected chi connectivity index (χ2v) is 7.19. The molecule has 2 heterocycles. The molecule has 0 spiro atoms. The Hall–Kier alpha value is -1.77. The highest BCUT2D eigenvalue weighted by Gasteiger charge is 2.41. The van der Waals surface area contributed by atoms with Crippen LogP contribution >= 0.6 is 15.9 Å². The van der Waals surface area contributed by atoms with E-state index in [1.165, 1.54) is 6.07 Å². The fourth-order valence-corrected chi connectivity index (χ4v) is 2.58. The predicted molar refractivity (Wildman–Crippen MR) is 86.8 cm³/mol. The van der Waals surface area contributed by atoms with Crippen molar-refractivity contribution in [1.82, 2.24) is 9.88 Å². The van der Waals surface area contributed by atoms with Gasteiger partial charge in [0.05, 0.1) is 6.54 Å². The normalized spacial score (nSPS) is 20.8. The number of hydrogen-bond acceptors (Lipinski definition) is 4. The van der Waals surface area contributed by atoms with Crippen molar-refractivity contribution in [2.24, 2.45) is 0 Å². The summed E-state index contributed by atoms with van der Waals surface area (Å²) in [6.07, 6.45) is -2.20. The van der Waals surface area contributed by atoms with Crippen LogP contribution in [0, 0.1) is 5.82 Å². The molecule has 1 aromatic heterocycles. The number of nitrogens with one attached hydrogen (secondary N) is 1. The first-order chi connectivity index (χ1) is 11.1. The van der Waals surface area contributed by atoms with Gasteiger partial charge < -0.3 is 10.1 Å². The summed E-state index contributed by atoms with van der Waals surface area (Å²) < 4.78 is 32.1. The van der Waals surface area contributed by atoms with Gasteiger partial charge in [0.2, 0.25) is 5.91 Å². The first-order valence-electron chi connectivity index (χ1n) is 7.33. The molecule has 132 valence electrons. The lowest BCUT2D eigenvalue weighted by atomic mass is 10.2. The van der Waals surface area contributed by atoms with Crippen molar-refractivity contribution >= 4 is 33.7 Å². The number of amides is 2. The molecule has 6 nitrogen and oxygen atoms in total. The van der Waals surface area contributed by atoms with Crippen molar-refractivity contribution in [3.8, 4) is 0 Å². The van der Waals surface area contributed by atoms with Crippen LogP contribution in [-0.4, -0.2) is 46.2 Å². The largest absolute Gasteiger partial charge is 0.444 e. The van der Waals surface area contributed by atoms with Gasteiger partial charge in [0.15, 0.2) is 5.82 Å². The first-order valence-corrected chi connectivity index (χ1v) is 8.13. The number of carbonyl (C=O) groups is 2. The fraction of sp³-hybridized carbons (Fsp3) is 0.533. The van der Waals surface area contributed by atoms with Gasteiger partial charge in [0, 0.05) is 6.42 Å². The van der Waals surface area contributed by atoms with Crippen molar-refractivity contribution in [3.05, 3.63) is 22.6 Å². The number of halogens is 3. The van der Waals surface area contributed by atoms with E-state index in [9.17, 15) is 18.4 Å². The molecule has 1 aromatic rings. The zero-order valence-corrected chi connectivity index (χ0v) is 15.1. The maximum Gasteiger partial charge on any atom is 0.411 e. The molecule has 0 aromatic carbocycles. The number of aromatic nitrogens is 1. The lowest BCUT2D eigenvalue weighted by Crippen LogP contribution is -2.45. The third-order valence-corrected chi connectivity index (χ3v) is 3.79. The molecule has 1 saturated heterocycles. The zero-order valence-electron chi connectivity index (χ0n) is 13.5. The summed E-state index contributed by atoms with van der Waals surface area (Å²) in [7, 11) is 0. The molecule has 0 radical (unpaired) electrons. The lowest BCUT2D eigenvalue weighted by Gasteiger charge is -2.27. The van der Waals surface area contributed by atoms with Crippen LogP contribution in [0.3, 0.4) is 0 Å². The van der Waals surface area contributed by atoms with Crippen LogP contribution in [0.15, 0.2) is 16.7 Å². The van der Waals surface area contributed by atoms with E-state index < -0.39 is 35.6 Å². The molecule has 9 heteroatoms. The smallest absolute Gasteiger partial charge is 0.411 e. The highest BCUT2D eigenvalue weighted by molar-refractivity contribution is 9.10. The summed E-state index contributed by atoms with van der Waals surface area (Å²) in [5, 5.41) is 2.46. The second-order valence-electron chi connectivity index (χ2n) is 6.44. The standard InChI is InChI=1S/C15H18BrF2N3O3/c1-15(2,3)24-14(23)21-7-8(17)6-10(21)13(22)20-11-5-4-9(18)12(16)19-11/h4-5,8,10H,6-7H2,1-3H3,(H,19,20,22)/t8-,10+/m1/s1. The molecule has 1 N–H and O–H groups in total. The van der Waals surface area contributed by atoms with Gasteiger partial charge in [0.25, 0.3) is 0 Å². The minimum atomic E-state index is -1.32. The molecular formula is C15H18BrF2N3O3. The Bertz CT molecular complexity index is 651. The van der Waals surface area contributed by atoms with Gasteiger partial charge in [-0.25, -0.2) is 18.6 Å². The van der Waals surface area contributed by atoms with Crippen LogP contribution in [0.1, 0.15) is 27.2 Å². The molecule has 2 atom stereocenters. The number of hydrogen-bond donors (Lipinski definition) is 1. The molecule has 24 heavy (non-hydrogen) atoms. The van der Waals surface area contributed by atoms with Crippen molar-refractivity contribution in [1.29, 1.82) is 0 Å². The van der Waals surface area contributed by atoms with Crippen LogP contribution in [-0.2, 0) is 9.53 Å². The number of rotatable bonds is 2. The number of alkyl halides is 1. The maximum atomic E-state index is 13.7. The Kier molecular flexibility index (Phi) is 5.42. The summed E-state index contributed by atoms with van der Waals surface area (Å²) >= 11 is 2.92. The Morgan fingerprint density at radius 1 is 1.42 bits per heavy atom. The van der Waals surface area contributed by atoms with Crippen molar-refractivity contribution in [3.63, 3.8) is 0 Å². The van der Waals surface area contributed by atoms with E-state index in [-0.39, 0.29) is 23.4 Å². The van der Waals surface area contributed by atoms with Crippen molar-refractivity contribution in [2.75, 3.05) is 11.9 Å². The first kappa shape index (κ1) is 18.6. The SMILES string of the molecule is CC(C)(C)OC(=O)N1C[C@H](F)C[C@H]1C(=O)Nc1ccc(F)c(Br)n1. The molecule has 0 bridgehead atoms. The van der Waals surface area contributed by atoms with Gasteiger partial charge in [-0.1, -0.05) is 0 Å². The summed E-state index contributed by atoms with van der Waals surface area (Å²) in [5.41, 5.74) is -0.754. The number of nitrogens with zero attached hydrogens (tertiary/aromatic N) is 2. The number of pyridine rings is 1. The Morgan fingerprint density at radius 3 is 2.67 bits per heavy atom. The summed E-state index contributed by atoms with van der Waals surface area (Å²) in [6, 6.07) is 1.39. The quantitative estimate of drug-likeness (QED) is 0.766. The number of carbonyl (C=O) groups excluding carboxylic acids is 2. The van der Waals surface area contributed by atoms with Crippen LogP contribution in [0.5, 0.6) is 0 Å². The van der Waals surface area contributed by atoms with Gasteiger partial charge in [-0.3, -0.25) is 9.69 Å². The highest BCUT2D eigenvalue weighted by Crippen LogP contribution is 2.24. The molecule has 0 aliphatic carbocycles. The van der Waals surface area contributed by atoms with Gasteiger partial charge in [-0.2, -0.15) is 0 Å². The minimum Gasteiger partial charge on any atom is -0.444 e. The third kappa shape index (κ3) is 4.62. The molecule has 1 fully saturated rings. The molecule has 2 amide bonds. The summed E-state index contributed by atoms with van der Waals surface area (Å²) in [5.74, 6) is -1.08. The molecule has 0 unspecified atom stereocenters. The summed E-state index contributed by atoms with van der Waals surface area (Å²) in [4.78, 5) is 29.4. The van der Waals surface area contributed by atoms with E-state index in [0.29, 0.717) is 0 Å². The van der Waals surface area contributed by atoms with Gasteiger partial charge >= 0.3 is 6.09 Å². The third-order valence-electron chi connectivity index (χ3n) is 3.24. The second kappa shape index (κ2) is 7.00. The van der Waals surface area contributed by atoms with Gasteiger partial charge in [-0.15, -0.1) is 0 Å². The van der Waals surface area contributed by atoms with Crippen molar-refractivity contribution < 1.29 is 23.1 Å². The van der Waals surface area contributed by atoms with E-state index in [0.717, 1.165) is 11.0 Å². The maximum absolute atomic E-state index is 13.7. The topological polar surface area (TPSA) is 71.5 Å². The van der Waals surface area contributed by atoms with E-state index >= 15 is 0 Å². The van der Waals surface area contributed by atoms with Crippen LogP contribution in [0.4, 0.5) is 19.4 Å². The van der Waals surface area contributed by atoms with E-state index in [1.54, 1.807) is 20.8 Å². The molecule has 1 aliphatic rings. The number of ether oxygens (including phenoxy) is 1. The van der Waals surface area contributed by atoms with E-state index in [4.69, 9.17) is 4.74 Å². The van der Waals surface area contributed by atoms with E-state index in [1.807, 2.05) is 0 Å². The zero-order chi connectivity index (χ0) is 18.1. The Morgan fingerprint density at radius 2 is 2.08 bits per heavy atom. The van der Waals surface area contributed by atoms with Crippen LogP contribution in [0.2, 0.25) is 0 Å². The number of likely N-dealkylation sites (tertiary alicyclic amines) is 1. The van der Waals surface area contributed by atoms with Crippen molar-refractivity contribution in [2.45, 2.75) is 45.0 Å². The predicted octanol–water partition coefficient (Wildman–Crippen LogP) is 3.27. The van der Waals surface area contributed by atoms with E-state index in [2.05, 4.69) is 26.2 Å². The molecule has 1 aliphatic heterocycles. The Labute approximate surface area is 146 Å².